The highest BCUT2D eigenvalue weighted by molar-refractivity contribution is 5.76. The maximum absolute atomic E-state index is 11.6. The van der Waals surface area contributed by atoms with Crippen molar-refractivity contribution >= 4 is 5.91 Å². The second-order valence-electron chi connectivity index (χ2n) is 3.74. The lowest BCUT2D eigenvalue weighted by Crippen LogP contribution is -2.35. The van der Waals surface area contributed by atoms with Gasteiger partial charge in [0.2, 0.25) is 5.91 Å². The predicted octanol–water partition coefficient (Wildman–Crippen LogP) is 0.550. The summed E-state index contributed by atoms with van der Waals surface area (Å²) in [5, 5.41) is 11.7. The van der Waals surface area contributed by atoms with E-state index in [0.29, 0.717) is 19.4 Å². The Morgan fingerprint density at radius 3 is 3.00 bits per heavy atom. The highest BCUT2D eigenvalue weighted by Crippen LogP contribution is 1.98. The van der Waals surface area contributed by atoms with Crippen molar-refractivity contribution in [2.45, 2.75) is 38.8 Å². The number of aliphatic hydroxyl groups excluding tert-OH is 1. The molecule has 0 radical (unpaired) electrons. The van der Waals surface area contributed by atoms with Gasteiger partial charge < -0.3 is 15.0 Å². The number of rotatable bonds is 7. The molecule has 90 valence electrons. The summed E-state index contributed by atoms with van der Waals surface area (Å²) < 4.78 is 1.87. The van der Waals surface area contributed by atoms with Crippen LogP contribution in [0.5, 0.6) is 0 Å². The lowest BCUT2D eigenvalue weighted by Gasteiger charge is -2.15. The van der Waals surface area contributed by atoms with E-state index in [4.69, 9.17) is 5.11 Å². The number of aliphatic hydroxyl groups is 1. The summed E-state index contributed by atoms with van der Waals surface area (Å²) in [5.74, 6) is 0.0222. The number of carbonyl (C=O) groups is 1. The maximum Gasteiger partial charge on any atom is 0.222 e. The normalized spacial score (nSPS) is 12.4. The minimum Gasteiger partial charge on any atom is -0.396 e. The molecule has 0 aliphatic heterocycles. The summed E-state index contributed by atoms with van der Waals surface area (Å²) in [4.78, 5) is 15.5. The van der Waals surface area contributed by atoms with Crippen LogP contribution in [0.1, 0.15) is 26.2 Å². The summed E-state index contributed by atoms with van der Waals surface area (Å²) in [7, 11) is 0. The lowest BCUT2D eigenvalue weighted by molar-refractivity contribution is -0.122. The Morgan fingerprint density at radius 2 is 2.44 bits per heavy atom. The molecule has 1 atom stereocenters. The van der Waals surface area contributed by atoms with Gasteiger partial charge in [0.1, 0.15) is 0 Å². The van der Waals surface area contributed by atoms with Crippen molar-refractivity contribution in [2.75, 3.05) is 6.61 Å². The van der Waals surface area contributed by atoms with Crippen LogP contribution >= 0.6 is 0 Å². The second-order valence-corrected chi connectivity index (χ2v) is 3.74. The fraction of sp³-hybridized carbons (Fsp3) is 0.636. The number of hydrogen-bond acceptors (Lipinski definition) is 3. The van der Waals surface area contributed by atoms with Gasteiger partial charge in [0.05, 0.1) is 6.33 Å². The van der Waals surface area contributed by atoms with E-state index in [1.54, 1.807) is 12.5 Å². The fourth-order valence-corrected chi connectivity index (χ4v) is 1.48. The standard InChI is InChI=1S/C11H19N3O2/c1-2-10(4-8-15)13-11(16)3-6-14-7-5-12-9-14/h5,7,9-10,15H,2-4,6,8H2,1H3,(H,13,16). The van der Waals surface area contributed by atoms with Gasteiger partial charge in [-0.3, -0.25) is 4.79 Å². The van der Waals surface area contributed by atoms with Gasteiger partial charge in [0, 0.05) is 38.0 Å². The smallest absolute Gasteiger partial charge is 0.222 e. The fourth-order valence-electron chi connectivity index (χ4n) is 1.48. The van der Waals surface area contributed by atoms with Gasteiger partial charge in [0.25, 0.3) is 0 Å². The zero-order valence-corrected chi connectivity index (χ0v) is 9.59. The van der Waals surface area contributed by atoms with E-state index in [-0.39, 0.29) is 18.6 Å². The van der Waals surface area contributed by atoms with Crippen LogP contribution in [0.15, 0.2) is 18.7 Å². The van der Waals surface area contributed by atoms with Crippen LogP contribution in [0.3, 0.4) is 0 Å². The number of aromatic nitrogens is 2. The van der Waals surface area contributed by atoms with Crippen LogP contribution in [0.2, 0.25) is 0 Å². The van der Waals surface area contributed by atoms with Crippen molar-refractivity contribution < 1.29 is 9.90 Å². The molecule has 0 spiro atoms. The van der Waals surface area contributed by atoms with Crippen LogP contribution in [-0.2, 0) is 11.3 Å². The van der Waals surface area contributed by atoms with E-state index in [1.165, 1.54) is 0 Å². The van der Waals surface area contributed by atoms with E-state index in [0.717, 1.165) is 6.42 Å². The van der Waals surface area contributed by atoms with Crippen molar-refractivity contribution in [3.63, 3.8) is 0 Å². The molecule has 0 aromatic carbocycles. The first-order valence-electron chi connectivity index (χ1n) is 5.62. The van der Waals surface area contributed by atoms with E-state index in [2.05, 4.69) is 10.3 Å². The van der Waals surface area contributed by atoms with Gasteiger partial charge in [-0.2, -0.15) is 0 Å². The van der Waals surface area contributed by atoms with Crippen LogP contribution < -0.4 is 5.32 Å². The number of carbonyl (C=O) groups excluding carboxylic acids is 1. The van der Waals surface area contributed by atoms with Crippen molar-refractivity contribution in [1.82, 2.24) is 14.9 Å². The number of amides is 1. The summed E-state index contributed by atoms with van der Waals surface area (Å²) in [6, 6.07) is 0.0836. The molecule has 0 saturated heterocycles. The zero-order valence-electron chi connectivity index (χ0n) is 9.59. The lowest BCUT2D eigenvalue weighted by atomic mass is 10.1. The van der Waals surface area contributed by atoms with Crippen LogP contribution in [-0.4, -0.2) is 33.2 Å². The number of nitrogens with zero attached hydrogens (tertiary/aromatic N) is 2. The molecular formula is C11H19N3O2. The Kier molecular flexibility index (Phi) is 5.56. The Morgan fingerprint density at radius 1 is 1.62 bits per heavy atom. The number of nitrogens with one attached hydrogen (secondary N) is 1. The van der Waals surface area contributed by atoms with Crippen molar-refractivity contribution in [3.05, 3.63) is 18.7 Å². The molecule has 1 aromatic rings. The zero-order chi connectivity index (χ0) is 11.8. The van der Waals surface area contributed by atoms with Gasteiger partial charge in [-0.05, 0) is 12.8 Å². The Bertz CT molecular complexity index is 298. The van der Waals surface area contributed by atoms with Gasteiger partial charge in [-0.1, -0.05) is 6.92 Å². The molecule has 5 nitrogen and oxygen atoms in total. The Labute approximate surface area is 95.5 Å². The first-order valence-corrected chi connectivity index (χ1v) is 5.62. The van der Waals surface area contributed by atoms with Crippen LogP contribution in [0.25, 0.3) is 0 Å². The Balaban J connectivity index is 2.24. The van der Waals surface area contributed by atoms with E-state index >= 15 is 0 Å². The van der Waals surface area contributed by atoms with Gasteiger partial charge in [-0.15, -0.1) is 0 Å². The molecule has 1 unspecified atom stereocenters. The third-order valence-corrected chi connectivity index (χ3v) is 2.49. The summed E-state index contributed by atoms with van der Waals surface area (Å²) in [6.45, 7) is 2.75. The van der Waals surface area contributed by atoms with Gasteiger partial charge in [-0.25, -0.2) is 4.98 Å². The average Bonchev–Trinajstić information content (AvgIpc) is 2.78. The van der Waals surface area contributed by atoms with Gasteiger partial charge >= 0.3 is 0 Å². The molecule has 5 heteroatoms. The first-order chi connectivity index (χ1) is 7.76. The molecule has 1 heterocycles. The molecule has 1 amide bonds. The SMILES string of the molecule is CCC(CCO)NC(=O)CCn1ccnc1. The summed E-state index contributed by atoms with van der Waals surface area (Å²) in [6.07, 6.45) is 7.12. The summed E-state index contributed by atoms with van der Waals surface area (Å²) >= 11 is 0. The predicted molar refractivity (Wildman–Crippen MR) is 60.8 cm³/mol. The molecule has 0 aliphatic rings. The number of aryl methyl sites for hydroxylation is 1. The highest BCUT2D eigenvalue weighted by atomic mass is 16.3. The Hall–Kier alpha value is -1.36. The third kappa shape index (κ3) is 4.44. The van der Waals surface area contributed by atoms with Crippen molar-refractivity contribution in [2.24, 2.45) is 0 Å². The highest BCUT2D eigenvalue weighted by Gasteiger charge is 2.09. The molecule has 0 aliphatic carbocycles. The van der Waals surface area contributed by atoms with Gasteiger partial charge in [0.15, 0.2) is 0 Å². The van der Waals surface area contributed by atoms with Crippen molar-refractivity contribution in [3.8, 4) is 0 Å². The third-order valence-electron chi connectivity index (χ3n) is 2.49. The minimum absolute atomic E-state index is 0.0222. The molecule has 16 heavy (non-hydrogen) atoms. The molecule has 1 rings (SSSR count). The molecule has 0 saturated carbocycles. The largest absolute Gasteiger partial charge is 0.396 e. The topological polar surface area (TPSA) is 67.2 Å². The second kappa shape index (κ2) is 7.00. The summed E-state index contributed by atoms with van der Waals surface area (Å²) in [5.41, 5.74) is 0. The molecule has 2 N–H and O–H groups in total. The first kappa shape index (κ1) is 12.7. The van der Waals surface area contributed by atoms with Crippen molar-refractivity contribution in [1.29, 1.82) is 0 Å². The van der Waals surface area contributed by atoms with E-state index in [1.807, 2.05) is 17.7 Å². The quantitative estimate of drug-likeness (QED) is 0.712. The van der Waals surface area contributed by atoms with Crippen LogP contribution in [0, 0.1) is 0 Å². The minimum atomic E-state index is 0.0222. The monoisotopic (exact) mass is 225 g/mol. The average molecular weight is 225 g/mol. The van der Waals surface area contributed by atoms with Crippen LogP contribution in [0.4, 0.5) is 0 Å². The molecule has 0 bridgehead atoms. The molecular weight excluding hydrogens is 206 g/mol. The maximum atomic E-state index is 11.6. The molecule has 0 fully saturated rings. The van der Waals surface area contributed by atoms with E-state index in [9.17, 15) is 4.79 Å². The molecule has 1 aromatic heterocycles. The number of imidazole rings is 1. The number of hydrogen-bond donors (Lipinski definition) is 2. The van der Waals surface area contributed by atoms with E-state index < -0.39 is 0 Å².